The number of halogens is 1. The number of hydrogen-bond donors (Lipinski definition) is 1. The van der Waals surface area contributed by atoms with E-state index in [9.17, 15) is 4.79 Å². The lowest BCUT2D eigenvalue weighted by atomic mass is 10.1. The number of nitrogens with zero attached hydrogens (tertiary/aromatic N) is 3. The zero-order valence-electron chi connectivity index (χ0n) is 19.4. The normalized spacial score (nSPS) is 16.6. The quantitative estimate of drug-likeness (QED) is 0.393. The monoisotopic (exact) mass is 496 g/mol. The average Bonchev–Trinajstić information content (AvgIpc) is 3.22. The van der Waals surface area contributed by atoms with Gasteiger partial charge in [0.15, 0.2) is 5.84 Å². The van der Waals surface area contributed by atoms with Crippen molar-refractivity contribution in [3.63, 3.8) is 0 Å². The number of aryl methyl sites for hydroxylation is 2. The predicted molar refractivity (Wildman–Crippen MR) is 138 cm³/mol. The Kier molecular flexibility index (Phi) is 7.09. The Bertz CT molecular complexity index is 1250. The van der Waals surface area contributed by atoms with E-state index >= 15 is 0 Å². The molecule has 0 atom stereocenters. The maximum Gasteiger partial charge on any atom is 0.283 e. The summed E-state index contributed by atoms with van der Waals surface area (Å²) in [6, 6.07) is 11.1. The largest absolute Gasteiger partial charge is 0.490 e. The second-order valence-electron chi connectivity index (χ2n) is 8.24. The number of fused-ring (bicyclic) bond motifs is 1. The number of carbonyl (C=O) groups excluding carboxylic acids is 1. The summed E-state index contributed by atoms with van der Waals surface area (Å²) in [5, 5.41) is 16.1. The highest BCUT2D eigenvalue weighted by molar-refractivity contribution is 8.27. The standard InChI is InChI=1S/C25H25ClN4O3S/c1-14(2)24-29-30-22(27)20(23(31)28-25(30)34-24)13-17-12-18(26)6-8-21(17)33-10-9-32-19-7-5-15(3)16(4)11-19/h5-8,11-14,27H,9-10H2,1-4H3/b20-13-,27-22?. The number of amidine groups is 2. The van der Waals surface area contributed by atoms with Gasteiger partial charge in [-0.1, -0.05) is 31.5 Å². The molecule has 1 amide bonds. The number of hydrogen-bond acceptors (Lipinski definition) is 6. The molecule has 1 N–H and O–H groups in total. The number of thioether (sulfide) groups is 1. The van der Waals surface area contributed by atoms with Crippen LogP contribution in [-0.4, -0.2) is 40.2 Å². The maximum atomic E-state index is 12.7. The van der Waals surface area contributed by atoms with Gasteiger partial charge in [-0.2, -0.15) is 15.1 Å². The van der Waals surface area contributed by atoms with E-state index in [1.165, 1.54) is 22.3 Å². The van der Waals surface area contributed by atoms with Gasteiger partial charge in [-0.25, -0.2) is 0 Å². The Morgan fingerprint density at radius 3 is 2.62 bits per heavy atom. The van der Waals surface area contributed by atoms with E-state index in [0.717, 1.165) is 16.4 Å². The van der Waals surface area contributed by atoms with Gasteiger partial charge in [-0.15, -0.1) is 0 Å². The molecule has 176 valence electrons. The van der Waals surface area contributed by atoms with Crippen LogP contribution in [0.3, 0.4) is 0 Å². The summed E-state index contributed by atoms with van der Waals surface area (Å²) in [6.07, 6.45) is 1.57. The fourth-order valence-electron chi connectivity index (χ4n) is 3.27. The summed E-state index contributed by atoms with van der Waals surface area (Å²) in [4.78, 5) is 16.8. The predicted octanol–water partition coefficient (Wildman–Crippen LogP) is 5.69. The number of amides is 1. The van der Waals surface area contributed by atoms with E-state index < -0.39 is 5.91 Å². The maximum absolute atomic E-state index is 12.7. The van der Waals surface area contributed by atoms with E-state index in [1.54, 1.807) is 24.3 Å². The van der Waals surface area contributed by atoms with Crippen molar-refractivity contribution in [2.45, 2.75) is 27.7 Å². The van der Waals surface area contributed by atoms with Gasteiger partial charge < -0.3 is 9.47 Å². The number of nitrogens with one attached hydrogen (secondary N) is 1. The van der Waals surface area contributed by atoms with Crippen LogP contribution in [0.5, 0.6) is 11.5 Å². The second kappa shape index (κ2) is 10.0. The third-order valence-corrected chi connectivity index (χ3v) is 6.77. The van der Waals surface area contributed by atoms with Crippen LogP contribution in [0.2, 0.25) is 5.02 Å². The molecule has 0 spiro atoms. The van der Waals surface area contributed by atoms with Gasteiger partial charge in [0.2, 0.25) is 5.17 Å². The minimum atomic E-state index is -0.493. The molecule has 2 aliphatic rings. The van der Waals surface area contributed by atoms with Crippen LogP contribution in [0.15, 0.2) is 52.1 Å². The Morgan fingerprint density at radius 1 is 1.12 bits per heavy atom. The SMILES string of the molecule is Cc1ccc(OCCOc2ccc(Cl)cc2/C=C2/C(=N)N3N=C(C(C)C)SC3=NC2=O)cc1C. The molecule has 0 radical (unpaired) electrons. The van der Waals surface area contributed by atoms with Gasteiger partial charge in [0.1, 0.15) is 29.8 Å². The molecule has 0 aliphatic carbocycles. The summed E-state index contributed by atoms with van der Waals surface area (Å²) in [5.41, 5.74) is 3.07. The Labute approximate surface area is 208 Å². The lowest BCUT2D eigenvalue weighted by Gasteiger charge is -2.20. The van der Waals surface area contributed by atoms with Crippen LogP contribution in [0.1, 0.15) is 30.5 Å². The van der Waals surface area contributed by atoms with Gasteiger partial charge in [0, 0.05) is 16.5 Å². The fourth-order valence-corrected chi connectivity index (χ4v) is 4.35. The molecular weight excluding hydrogens is 472 g/mol. The number of hydrazone groups is 1. The molecule has 7 nitrogen and oxygen atoms in total. The third-order valence-electron chi connectivity index (χ3n) is 5.32. The van der Waals surface area contributed by atoms with E-state index in [1.807, 2.05) is 39.0 Å². The molecule has 2 aliphatic heterocycles. The highest BCUT2D eigenvalue weighted by Gasteiger charge is 2.36. The van der Waals surface area contributed by atoms with Crippen LogP contribution in [0.4, 0.5) is 0 Å². The number of rotatable bonds is 7. The molecule has 4 rings (SSSR count). The number of benzene rings is 2. The molecule has 0 saturated carbocycles. The molecule has 9 heteroatoms. The molecular formula is C25H25ClN4O3S. The minimum Gasteiger partial charge on any atom is -0.490 e. The first-order valence-corrected chi connectivity index (χ1v) is 12.0. The van der Waals surface area contributed by atoms with E-state index in [-0.39, 0.29) is 17.3 Å². The van der Waals surface area contributed by atoms with Gasteiger partial charge in [0.05, 0.1) is 5.57 Å². The van der Waals surface area contributed by atoms with Crippen molar-refractivity contribution in [3.8, 4) is 11.5 Å². The summed E-state index contributed by atoms with van der Waals surface area (Å²) in [6.45, 7) is 8.75. The lowest BCUT2D eigenvalue weighted by molar-refractivity contribution is -0.114. The highest BCUT2D eigenvalue weighted by atomic mass is 35.5. The number of ether oxygens (including phenoxy) is 2. The van der Waals surface area contributed by atoms with Crippen LogP contribution >= 0.6 is 23.4 Å². The first-order valence-electron chi connectivity index (χ1n) is 10.9. The zero-order chi connectivity index (χ0) is 24.4. The number of aliphatic imine (C=N–C) groups is 1. The first kappa shape index (κ1) is 24.0. The summed E-state index contributed by atoms with van der Waals surface area (Å²) < 4.78 is 11.7. The van der Waals surface area contributed by atoms with Crippen molar-refractivity contribution in [1.29, 1.82) is 5.41 Å². The van der Waals surface area contributed by atoms with E-state index in [2.05, 4.69) is 17.0 Å². The van der Waals surface area contributed by atoms with E-state index in [0.29, 0.717) is 34.7 Å². The molecule has 0 unspecified atom stereocenters. The van der Waals surface area contributed by atoms with Crippen molar-refractivity contribution in [3.05, 3.63) is 63.7 Å². The van der Waals surface area contributed by atoms with Crippen molar-refractivity contribution >= 4 is 51.4 Å². The Hall–Kier alpha value is -3.10. The molecule has 0 aromatic heterocycles. The smallest absolute Gasteiger partial charge is 0.283 e. The van der Waals surface area contributed by atoms with Crippen molar-refractivity contribution < 1.29 is 14.3 Å². The molecule has 0 saturated heterocycles. The van der Waals surface area contributed by atoms with Crippen LogP contribution in [0, 0.1) is 25.2 Å². The highest BCUT2D eigenvalue weighted by Crippen LogP contribution is 2.32. The third kappa shape index (κ3) is 5.18. The van der Waals surface area contributed by atoms with Gasteiger partial charge in [0.25, 0.3) is 5.91 Å². The van der Waals surface area contributed by atoms with Crippen LogP contribution in [0.25, 0.3) is 6.08 Å². The lowest BCUT2D eigenvalue weighted by Crippen LogP contribution is -2.35. The fraction of sp³-hybridized carbons (Fsp3) is 0.280. The topological polar surface area (TPSA) is 87.3 Å². The van der Waals surface area contributed by atoms with Crippen molar-refractivity contribution in [2.24, 2.45) is 16.0 Å². The van der Waals surface area contributed by atoms with Crippen molar-refractivity contribution in [1.82, 2.24) is 5.01 Å². The molecule has 0 fully saturated rings. The first-order chi connectivity index (χ1) is 16.2. The summed E-state index contributed by atoms with van der Waals surface area (Å²) in [7, 11) is 0. The molecule has 34 heavy (non-hydrogen) atoms. The second-order valence-corrected chi connectivity index (χ2v) is 9.66. The molecule has 0 bridgehead atoms. The minimum absolute atomic E-state index is 0.0258. The van der Waals surface area contributed by atoms with Gasteiger partial charge in [-0.05, 0) is 73.1 Å². The van der Waals surface area contributed by atoms with Crippen LogP contribution < -0.4 is 9.47 Å². The summed E-state index contributed by atoms with van der Waals surface area (Å²) in [5.74, 6) is 0.964. The number of carbonyl (C=O) groups is 1. The molecule has 2 heterocycles. The Morgan fingerprint density at radius 2 is 1.88 bits per heavy atom. The van der Waals surface area contributed by atoms with Crippen LogP contribution in [-0.2, 0) is 4.79 Å². The summed E-state index contributed by atoms with van der Waals surface area (Å²) >= 11 is 7.52. The average molecular weight is 497 g/mol. The molecule has 2 aromatic carbocycles. The van der Waals surface area contributed by atoms with Gasteiger partial charge >= 0.3 is 0 Å². The zero-order valence-corrected chi connectivity index (χ0v) is 21.0. The van der Waals surface area contributed by atoms with E-state index in [4.69, 9.17) is 26.5 Å². The molecule has 2 aromatic rings. The Balaban J connectivity index is 1.50. The van der Waals surface area contributed by atoms with Gasteiger partial charge in [-0.3, -0.25) is 10.2 Å². The van der Waals surface area contributed by atoms with Crippen molar-refractivity contribution in [2.75, 3.05) is 13.2 Å².